The number of hydrogen-bond acceptors (Lipinski definition) is 5. The summed E-state index contributed by atoms with van der Waals surface area (Å²) < 4.78 is 24.3. The molecule has 2 heterocycles. The Morgan fingerprint density at radius 1 is 1.21 bits per heavy atom. The highest BCUT2D eigenvalue weighted by Crippen LogP contribution is 2.24. The molecule has 28 heavy (non-hydrogen) atoms. The van der Waals surface area contributed by atoms with Crippen molar-refractivity contribution in [2.24, 2.45) is 0 Å². The molecule has 2 aromatic rings. The number of hydrogen-bond donors (Lipinski definition) is 0. The van der Waals surface area contributed by atoms with Gasteiger partial charge in [0.2, 0.25) is 5.88 Å². The van der Waals surface area contributed by atoms with Gasteiger partial charge in [-0.2, -0.15) is 0 Å². The van der Waals surface area contributed by atoms with Crippen molar-refractivity contribution in [2.75, 3.05) is 12.0 Å². The van der Waals surface area contributed by atoms with Crippen molar-refractivity contribution in [3.8, 4) is 5.88 Å². The van der Waals surface area contributed by atoms with Gasteiger partial charge in [0.15, 0.2) is 0 Å². The SMILES string of the molecule is CC.COc1ncc(F)cc1CN(C(=O)OC(C)(C)C)c1ccc(C)c(C)n1. The average molecular weight is 391 g/mol. The number of halogens is 1. The van der Waals surface area contributed by atoms with Crippen LogP contribution in [-0.2, 0) is 11.3 Å². The highest BCUT2D eigenvalue weighted by Gasteiger charge is 2.26. The summed E-state index contributed by atoms with van der Waals surface area (Å²) in [5.41, 5.74) is 1.53. The number of carbonyl (C=O) groups excluding carboxylic acids is 1. The second-order valence-electron chi connectivity index (χ2n) is 6.96. The molecule has 0 N–H and O–H groups in total. The first-order chi connectivity index (χ1) is 13.1. The monoisotopic (exact) mass is 391 g/mol. The van der Waals surface area contributed by atoms with E-state index in [0.717, 1.165) is 17.5 Å². The quantitative estimate of drug-likeness (QED) is 0.716. The summed E-state index contributed by atoms with van der Waals surface area (Å²) in [5, 5.41) is 0. The van der Waals surface area contributed by atoms with Crippen LogP contribution in [0, 0.1) is 19.7 Å². The zero-order valence-corrected chi connectivity index (χ0v) is 18.0. The maximum absolute atomic E-state index is 13.7. The molecule has 0 aliphatic carbocycles. The first-order valence-corrected chi connectivity index (χ1v) is 9.24. The predicted molar refractivity (Wildman–Crippen MR) is 108 cm³/mol. The number of pyridine rings is 2. The fourth-order valence-corrected chi connectivity index (χ4v) is 2.26. The smallest absolute Gasteiger partial charge is 0.416 e. The molecule has 1 amide bonds. The van der Waals surface area contributed by atoms with Gasteiger partial charge in [-0.3, -0.25) is 4.90 Å². The van der Waals surface area contributed by atoms with E-state index < -0.39 is 17.5 Å². The van der Waals surface area contributed by atoms with E-state index >= 15 is 0 Å². The number of anilines is 1. The molecule has 0 saturated carbocycles. The normalized spacial score (nSPS) is 10.6. The van der Waals surface area contributed by atoms with Crippen LogP contribution in [0.4, 0.5) is 15.0 Å². The van der Waals surface area contributed by atoms with E-state index in [2.05, 4.69) is 9.97 Å². The highest BCUT2D eigenvalue weighted by atomic mass is 19.1. The van der Waals surface area contributed by atoms with Crippen LogP contribution in [0.15, 0.2) is 24.4 Å². The number of carbonyl (C=O) groups is 1. The molecule has 0 fully saturated rings. The predicted octanol–water partition coefficient (Wildman–Crippen LogP) is 5.21. The Balaban J connectivity index is 0.00000190. The van der Waals surface area contributed by atoms with E-state index in [4.69, 9.17) is 9.47 Å². The lowest BCUT2D eigenvalue weighted by Crippen LogP contribution is -2.37. The molecule has 0 aliphatic rings. The van der Waals surface area contributed by atoms with Gasteiger partial charge in [-0.05, 0) is 52.3 Å². The number of ether oxygens (including phenoxy) is 2. The van der Waals surface area contributed by atoms with Gasteiger partial charge >= 0.3 is 6.09 Å². The van der Waals surface area contributed by atoms with Gasteiger partial charge in [0.05, 0.1) is 19.9 Å². The molecule has 0 atom stereocenters. The van der Waals surface area contributed by atoms with E-state index in [0.29, 0.717) is 11.4 Å². The van der Waals surface area contributed by atoms with E-state index in [9.17, 15) is 9.18 Å². The fraction of sp³-hybridized carbons (Fsp3) is 0.476. The van der Waals surface area contributed by atoms with Crippen LogP contribution in [0.25, 0.3) is 0 Å². The van der Waals surface area contributed by atoms with Gasteiger partial charge < -0.3 is 9.47 Å². The van der Waals surface area contributed by atoms with Crippen LogP contribution in [0.2, 0.25) is 0 Å². The first-order valence-electron chi connectivity index (χ1n) is 9.24. The average Bonchev–Trinajstić information content (AvgIpc) is 2.62. The number of aryl methyl sites for hydroxylation is 2. The molecular weight excluding hydrogens is 361 g/mol. The molecular formula is C21H30FN3O3. The van der Waals surface area contributed by atoms with E-state index in [1.807, 2.05) is 33.8 Å². The lowest BCUT2D eigenvalue weighted by molar-refractivity contribution is 0.0576. The molecule has 2 aromatic heterocycles. The van der Waals surface area contributed by atoms with Crippen molar-refractivity contribution >= 4 is 11.9 Å². The third-order valence-corrected chi connectivity index (χ3v) is 3.64. The standard InChI is InChI=1S/C19H24FN3O3.C2H6/c1-12-7-8-16(22-13(12)2)23(18(24)26-19(3,4)5)11-14-9-15(20)10-21-17(14)25-6;1-2/h7-10H,11H2,1-6H3;1-2H3. The number of amides is 1. The lowest BCUT2D eigenvalue weighted by atomic mass is 10.2. The Morgan fingerprint density at radius 3 is 2.39 bits per heavy atom. The second kappa shape index (κ2) is 10.0. The van der Waals surface area contributed by atoms with Crippen LogP contribution >= 0.6 is 0 Å². The van der Waals surface area contributed by atoms with Crippen molar-refractivity contribution in [3.63, 3.8) is 0 Å². The Hall–Kier alpha value is -2.70. The summed E-state index contributed by atoms with van der Waals surface area (Å²) in [5.74, 6) is 0.135. The molecule has 0 unspecified atom stereocenters. The number of nitrogens with zero attached hydrogens (tertiary/aromatic N) is 3. The van der Waals surface area contributed by atoms with Crippen LogP contribution in [-0.4, -0.2) is 28.8 Å². The third-order valence-electron chi connectivity index (χ3n) is 3.64. The Morgan fingerprint density at radius 2 is 1.86 bits per heavy atom. The van der Waals surface area contributed by atoms with E-state index in [1.54, 1.807) is 26.8 Å². The summed E-state index contributed by atoms with van der Waals surface area (Å²) in [6.07, 6.45) is 0.480. The van der Waals surface area contributed by atoms with Crippen molar-refractivity contribution < 1.29 is 18.7 Å². The number of aromatic nitrogens is 2. The van der Waals surface area contributed by atoms with Gasteiger partial charge in [0, 0.05) is 11.3 Å². The lowest BCUT2D eigenvalue weighted by Gasteiger charge is -2.27. The zero-order valence-electron chi connectivity index (χ0n) is 18.0. The van der Waals surface area contributed by atoms with Gasteiger partial charge in [0.25, 0.3) is 0 Å². The topological polar surface area (TPSA) is 64.5 Å². The summed E-state index contributed by atoms with van der Waals surface area (Å²) in [4.78, 5) is 22.5. The van der Waals surface area contributed by atoms with Crippen molar-refractivity contribution in [1.29, 1.82) is 0 Å². The minimum atomic E-state index is -0.681. The van der Waals surface area contributed by atoms with Gasteiger partial charge in [0.1, 0.15) is 17.2 Å². The molecule has 0 aliphatic heterocycles. The molecule has 2 rings (SSSR count). The van der Waals surface area contributed by atoms with Gasteiger partial charge in [-0.15, -0.1) is 0 Å². The minimum absolute atomic E-state index is 0.0122. The van der Waals surface area contributed by atoms with Crippen LogP contribution < -0.4 is 9.64 Å². The van der Waals surface area contributed by atoms with Gasteiger partial charge in [-0.1, -0.05) is 19.9 Å². The number of methoxy groups -OCH3 is 1. The highest BCUT2D eigenvalue weighted by molar-refractivity contribution is 5.86. The van der Waals surface area contributed by atoms with Crippen molar-refractivity contribution in [1.82, 2.24) is 9.97 Å². The maximum Gasteiger partial charge on any atom is 0.416 e. The van der Waals surface area contributed by atoms with E-state index in [-0.39, 0.29) is 12.4 Å². The zero-order chi connectivity index (χ0) is 21.5. The number of rotatable bonds is 4. The summed E-state index contributed by atoms with van der Waals surface area (Å²) in [6, 6.07) is 4.88. The van der Waals surface area contributed by atoms with Crippen LogP contribution in [0.1, 0.15) is 51.4 Å². The fourth-order valence-electron chi connectivity index (χ4n) is 2.26. The largest absolute Gasteiger partial charge is 0.481 e. The summed E-state index contributed by atoms with van der Waals surface area (Å²) >= 11 is 0. The summed E-state index contributed by atoms with van der Waals surface area (Å²) in [6.45, 7) is 13.1. The second-order valence-corrected chi connectivity index (χ2v) is 6.96. The maximum atomic E-state index is 13.7. The van der Waals surface area contributed by atoms with Gasteiger partial charge in [-0.25, -0.2) is 19.2 Å². The Bertz CT molecular complexity index is 804. The molecule has 154 valence electrons. The van der Waals surface area contributed by atoms with Crippen LogP contribution in [0.3, 0.4) is 0 Å². The van der Waals surface area contributed by atoms with E-state index in [1.165, 1.54) is 18.1 Å². The van der Waals surface area contributed by atoms with Crippen LogP contribution in [0.5, 0.6) is 5.88 Å². The minimum Gasteiger partial charge on any atom is -0.481 e. The molecule has 0 aromatic carbocycles. The van der Waals surface area contributed by atoms with Crippen molar-refractivity contribution in [2.45, 2.75) is 60.6 Å². The molecule has 0 radical (unpaired) electrons. The Labute approximate surface area is 166 Å². The van der Waals surface area contributed by atoms with Crippen molar-refractivity contribution in [3.05, 3.63) is 47.0 Å². The first kappa shape index (κ1) is 23.3. The molecule has 0 bridgehead atoms. The Kier molecular flexibility index (Phi) is 8.35. The molecule has 0 saturated heterocycles. The molecule has 6 nitrogen and oxygen atoms in total. The molecule has 0 spiro atoms. The molecule has 7 heteroatoms. The third kappa shape index (κ3) is 6.48. The summed E-state index contributed by atoms with van der Waals surface area (Å²) in [7, 11) is 1.44.